The van der Waals surface area contributed by atoms with Crippen LogP contribution in [0, 0.1) is 18.8 Å². The van der Waals surface area contributed by atoms with E-state index < -0.39 is 34.4 Å². The Kier molecular flexibility index (Phi) is 7.98. The average Bonchev–Trinajstić information content (AvgIpc) is 2.77. The van der Waals surface area contributed by atoms with Crippen molar-refractivity contribution in [3.05, 3.63) is 77.4 Å². The number of hydrogen-bond acceptors (Lipinski definition) is 6. The first-order valence-electron chi connectivity index (χ1n) is 11.0. The molecule has 0 spiro atoms. The van der Waals surface area contributed by atoms with Crippen molar-refractivity contribution < 1.29 is 26.9 Å². The van der Waals surface area contributed by atoms with E-state index in [1.807, 2.05) is 31.2 Å². The second kappa shape index (κ2) is 10.6. The van der Waals surface area contributed by atoms with E-state index in [4.69, 9.17) is 13.7 Å². The molecule has 0 fully saturated rings. The van der Waals surface area contributed by atoms with Gasteiger partial charge in [-0.25, -0.2) is 0 Å². The molecular formula is C27H30O6S. The van der Waals surface area contributed by atoms with Gasteiger partial charge in [0.25, 0.3) is 10.1 Å². The van der Waals surface area contributed by atoms with E-state index in [-0.39, 0.29) is 16.9 Å². The Bertz CT molecular complexity index is 1190. The Balaban J connectivity index is 1.72. The first-order chi connectivity index (χ1) is 15.9. The molecule has 0 radical (unpaired) electrons. The van der Waals surface area contributed by atoms with Gasteiger partial charge in [0.2, 0.25) is 0 Å². The minimum atomic E-state index is -4.00. The van der Waals surface area contributed by atoms with Gasteiger partial charge in [0.05, 0.1) is 11.5 Å². The van der Waals surface area contributed by atoms with Gasteiger partial charge in [0.1, 0.15) is 18.3 Å². The number of carbonyl (C=O) groups is 1. The predicted octanol–water partition coefficient (Wildman–Crippen LogP) is 4.30. The largest absolute Gasteiger partial charge is 0.455 e. The van der Waals surface area contributed by atoms with E-state index >= 15 is 0 Å². The first kappa shape index (κ1) is 25.7. The van der Waals surface area contributed by atoms with E-state index in [0.717, 1.165) is 11.1 Å². The molecule has 1 heterocycles. The molecule has 3 atom stereocenters. The summed E-state index contributed by atoms with van der Waals surface area (Å²) < 4.78 is 41.6. The molecule has 0 saturated heterocycles. The molecule has 2 aromatic rings. The molecule has 2 aromatic carbocycles. The van der Waals surface area contributed by atoms with Gasteiger partial charge in [-0.05, 0) is 54.3 Å². The van der Waals surface area contributed by atoms with Crippen molar-refractivity contribution in [3.63, 3.8) is 0 Å². The second-order valence-electron chi connectivity index (χ2n) is 9.20. The van der Waals surface area contributed by atoms with Crippen LogP contribution in [-0.2, 0) is 34.0 Å². The molecular weight excluding hydrogens is 452 g/mol. The third kappa shape index (κ3) is 7.04. The van der Waals surface area contributed by atoms with Gasteiger partial charge in [0, 0.05) is 12.5 Å². The fraction of sp³-hybridized carbons (Fsp3) is 0.370. The Morgan fingerprint density at radius 1 is 1.03 bits per heavy atom. The normalized spacial score (nSPS) is 20.3. The Morgan fingerprint density at radius 3 is 2.26 bits per heavy atom. The van der Waals surface area contributed by atoms with Gasteiger partial charge >= 0.3 is 5.97 Å². The molecule has 0 aromatic heterocycles. The number of ether oxygens (including phenoxy) is 2. The van der Waals surface area contributed by atoms with Crippen LogP contribution in [0.15, 0.2) is 65.6 Å². The Morgan fingerprint density at radius 2 is 1.68 bits per heavy atom. The summed E-state index contributed by atoms with van der Waals surface area (Å²) in [6.07, 6.45) is 1.12. The molecule has 0 bridgehead atoms. The summed E-state index contributed by atoms with van der Waals surface area (Å²) in [5, 5.41) is 0. The van der Waals surface area contributed by atoms with Gasteiger partial charge in [-0.3, -0.25) is 8.98 Å². The second-order valence-corrected chi connectivity index (χ2v) is 10.8. The van der Waals surface area contributed by atoms with E-state index in [9.17, 15) is 13.2 Å². The molecule has 6 nitrogen and oxygen atoms in total. The number of carbonyl (C=O) groups excluding carboxylic acids is 1. The maximum atomic E-state index is 12.6. The quantitative estimate of drug-likeness (QED) is 0.274. The molecule has 1 aliphatic heterocycles. The van der Waals surface area contributed by atoms with Crippen LogP contribution in [0.25, 0.3) is 0 Å². The maximum absolute atomic E-state index is 12.6. The van der Waals surface area contributed by atoms with Gasteiger partial charge in [-0.15, -0.1) is 0 Å². The average molecular weight is 483 g/mol. The van der Waals surface area contributed by atoms with Crippen molar-refractivity contribution in [1.29, 1.82) is 0 Å². The Labute approximate surface area is 202 Å². The zero-order valence-electron chi connectivity index (χ0n) is 20.1. The molecule has 180 valence electrons. The van der Waals surface area contributed by atoms with Gasteiger partial charge < -0.3 is 9.47 Å². The predicted molar refractivity (Wildman–Crippen MR) is 130 cm³/mol. The highest BCUT2D eigenvalue weighted by Gasteiger charge is 2.31. The lowest BCUT2D eigenvalue weighted by Crippen LogP contribution is -2.41. The minimum absolute atomic E-state index is 0.0449. The van der Waals surface area contributed by atoms with Crippen molar-refractivity contribution in [2.75, 3.05) is 6.61 Å². The molecule has 3 rings (SSSR count). The van der Waals surface area contributed by atoms with Gasteiger partial charge in [0.15, 0.2) is 0 Å². The monoisotopic (exact) mass is 482 g/mol. The van der Waals surface area contributed by atoms with Crippen LogP contribution in [0.5, 0.6) is 0 Å². The lowest BCUT2D eigenvalue weighted by Gasteiger charge is -2.29. The van der Waals surface area contributed by atoms with Crippen molar-refractivity contribution in [3.8, 4) is 11.8 Å². The van der Waals surface area contributed by atoms with Crippen LogP contribution < -0.4 is 0 Å². The van der Waals surface area contributed by atoms with Crippen LogP contribution in [0.3, 0.4) is 0 Å². The van der Waals surface area contributed by atoms with Crippen molar-refractivity contribution in [1.82, 2.24) is 0 Å². The molecule has 0 unspecified atom stereocenters. The van der Waals surface area contributed by atoms with E-state index in [1.54, 1.807) is 24.3 Å². The standard InChI is InChI=1S/C27H30O6S/c1-19-6-15-24(16-7-19)34(29,30)31-18-26-25(32-20(2)28)17-14-23(33-26)13-10-21-8-11-22(12-9-21)27(3,4)5/h6-9,11-12,14-17,23,25-26H,18H2,1-5H3/t23-,25-,26-/m1/s1. The number of rotatable bonds is 5. The van der Waals surface area contributed by atoms with Crippen LogP contribution in [-0.4, -0.2) is 39.3 Å². The molecule has 0 aliphatic carbocycles. The molecule has 0 amide bonds. The minimum Gasteiger partial charge on any atom is -0.455 e. The van der Waals surface area contributed by atoms with Gasteiger partial charge in [-0.1, -0.05) is 62.4 Å². The van der Waals surface area contributed by atoms with E-state index in [1.165, 1.54) is 24.6 Å². The highest BCUT2D eigenvalue weighted by atomic mass is 32.2. The third-order valence-electron chi connectivity index (χ3n) is 5.27. The molecule has 34 heavy (non-hydrogen) atoms. The Hall–Kier alpha value is -2.92. The SMILES string of the molecule is CC(=O)O[C@@H]1C=C[C@@H](C#Cc2ccc(C(C)(C)C)cc2)O[C@@H]1COS(=O)(=O)c1ccc(C)cc1. The number of benzene rings is 2. The summed E-state index contributed by atoms with van der Waals surface area (Å²) in [5.74, 6) is 5.60. The van der Waals surface area contributed by atoms with Crippen LogP contribution in [0.2, 0.25) is 0 Å². The number of hydrogen-bond donors (Lipinski definition) is 0. The van der Waals surface area contributed by atoms with Gasteiger partial charge in [-0.2, -0.15) is 8.42 Å². The zero-order valence-corrected chi connectivity index (χ0v) is 20.9. The summed E-state index contributed by atoms with van der Waals surface area (Å²) in [6, 6.07) is 14.3. The summed E-state index contributed by atoms with van der Waals surface area (Å²) in [4.78, 5) is 11.5. The smallest absolute Gasteiger partial charge is 0.303 e. The highest BCUT2D eigenvalue weighted by molar-refractivity contribution is 7.86. The van der Waals surface area contributed by atoms with Crippen molar-refractivity contribution in [2.24, 2.45) is 0 Å². The van der Waals surface area contributed by atoms with E-state index in [2.05, 4.69) is 32.6 Å². The zero-order chi connectivity index (χ0) is 24.9. The molecule has 0 saturated carbocycles. The number of aryl methyl sites for hydroxylation is 1. The fourth-order valence-electron chi connectivity index (χ4n) is 3.31. The fourth-order valence-corrected chi connectivity index (χ4v) is 4.22. The first-order valence-corrected chi connectivity index (χ1v) is 12.4. The molecule has 1 aliphatic rings. The van der Waals surface area contributed by atoms with E-state index in [0.29, 0.717) is 0 Å². The van der Waals surface area contributed by atoms with Crippen LogP contribution in [0.4, 0.5) is 0 Å². The number of esters is 1. The molecule has 0 N–H and O–H groups in total. The third-order valence-corrected chi connectivity index (χ3v) is 6.57. The maximum Gasteiger partial charge on any atom is 0.303 e. The van der Waals surface area contributed by atoms with Crippen LogP contribution in [0.1, 0.15) is 44.4 Å². The topological polar surface area (TPSA) is 78.9 Å². The molecule has 7 heteroatoms. The highest BCUT2D eigenvalue weighted by Crippen LogP contribution is 2.23. The summed E-state index contributed by atoms with van der Waals surface area (Å²) in [6.45, 7) is 9.27. The lowest BCUT2D eigenvalue weighted by molar-refractivity contribution is -0.154. The van der Waals surface area contributed by atoms with Crippen molar-refractivity contribution in [2.45, 2.75) is 63.2 Å². The summed E-state index contributed by atoms with van der Waals surface area (Å²) in [5.41, 5.74) is 3.04. The van der Waals surface area contributed by atoms with Crippen molar-refractivity contribution >= 4 is 16.1 Å². The summed E-state index contributed by atoms with van der Waals surface area (Å²) >= 11 is 0. The summed E-state index contributed by atoms with van der Waals surface area (Å²) in [7, 11) is -4.00. The lowest BCUT2D eigenvalue weighted by atomic mass is 9.87. The van der Waals surface area contributed by atoms with Crippen LogP contribution >= 0.6 is 0 Å².